The maximum Gasteiger partial charge on any atom is 0.308 e. The maximum atomic E-state index is 12.6. The van der Waals surface area contributed by atoms with Crippen LogP contribution in [0.25, 0.3) is 0 Å². The van der Waals surface area contributed by atoms with Crippen LogP contribution in [-0.2, 0) is 9.59 Å². The van der Waals surface area contributed by atoms with Gasteiger partial charge < -0.3 is 14.7 Å². The van der Waals surface area contributed by atoms with Crippen LogP contribution >= 0.6 is 0 Å². The standard InChI is InChI=1S/C18H20N2O4/c1-11(24-16-5-3-2-4-13(16)8-19)17(21)20-9-14(12-6-7-12)15(10-20)18(22)23/h2-5,11-12,14-15H,6-7,9-10H2,1H3,(H,22,23)/t11?,14-,15+/m1/s1. The number of rotatable bonds is 5. The van der Waals surface area contributed by atoms with Gasteiger partial charge in [-0.15, -0.1) is 0 Å². The number of nitriles is 1. The summed E-state index contributed by atoms with van der Waals surface area (Å²) in [5.74, 6) is -0.694. The Bertz CT molecular complexity index is 693. The molecule has 0 bridgehead atoms. The Hall–Kier alpha value is -2.55. The van der Waals surface area contributed by atoms with Gasteiger partial charge in [0.1, 0.15) is 11.8 Å². The Morgan fingerprint density at radius 1 is 1.33 bits per heavy atom. The predicted octanol–water partition coefficient (Wildman–Crippen LogP) is 1.89. The summed E-state index contributed by atoms with van der Waals surface area (Å²) in [6.07, 6.45) is 1.35. The van der Waals surface area contributed by atoms with Crippen molar-refractivity contribution in [2.75, 3.05) is 13.1 Å². The number of ether oxygens (including phenoxy) is 1. The first-order chi connectivity index (χ1) is 11.5. The first-order valence-corrected chi connectivity index (χ1v) is 8.18. The van der Waals surface area contributed by atoms with Crippen molar-refractivity contribution in [3.63, 3.8) is 0 Å². The van der Waals surface area contributed by atoms with E-state index >= 15 is 0 Å². The van der Waals surface area contributed by atoms with E-state index in [0.717, 1.165) is 12.8 Å². The van der Waals surface area contributed by atoms with E-state index < -0.39 is 18.0 Å². The fourth-order valence-corrected chi connectivity index (χ4v) is 3.43. The Labute approximate surface area is 140 Å². The molecule has 0 spiro atoms. The fraction of sp³-hybridized carbons (Fsp3) is 0.500. The molecule has 0 radical (unpaired) electrons. The third-order valence-corrected chi connectivity index (χ3v) is 4.88. The number of benzene rings is 1. The van der Waals surface area contributed by atoms with Gasteiger partial charge in [0.15, 0.2) is 6.10 Å². The zero-order valence-electron chi connectivity index (χ0n) is 13.5. The molecule has 1 saturated heterocycles. The molecule has 1 aliphatic heterocycles. The predicted molar refractivity (Wildman–Crippen MR) is 85.2 cm³/mol. The van der Waals surface area contributed by atoms with Gasteiger partial charge in [0.05, 0.1) is 11.5 Å². The summed E-state index contributed by atoms with van der Waals surface area (Å²) in [5.41, 5.74) is 0.373. The second kappa shape index (κ2) is 6.52. The monoisotopic (exact) mass is 328 g/mol. The molecule has 3 atom stereocenters. The highest BCUT2D eigenvalue weighted by Gasteiger charge is 2.47. The minimum atomic E-state index is -0.828. The van der Waals surface area contributed by atoms with Crippen LogP contribution in [0.5, 0.6) is 5.75 Å². The van der Waals surface area contributed by atoms with Gasteiger partial charge in [-0.05, 0) is 43.7 Å². The van der Waals surface area contributed by atoms with Crippen LogP contribution in [0.3, 0.4) is 0 Å². The van der Waals surface area contributed by atoms with Crippen LogP contribution in [0.4, 0.5) is 0 Å². The van der Waals surface area contributed by atoms with Gasteiger partial charge in [-0.2, -0.15) is 5.26 Å². The van der Waals surface area contributed by atoms with Crippen molar-refractivity contribution in [2.24, 2.45) is 17.8 Å². The molecule has 1 N–H and O–H groups in total. The number of hydrogen-bond donors (Lipinski definition) is 1. The molecular formula is C18H20N2O4. The number of carboxylic acid groups (broad SMARTS) is 1. The molecule has 126 valence electrons. The third-order valence-electron chi connectivity index (χ3n) is 4.88. The first kappa shape index (κ1) is 16.3. The Kier molecular flexibility index (Phi) is 4.43. The van der Waals surface area contributed by atoms with E-state index in [1.807, 2.05) is 6.07 Å². The number of carbonyl (C=O) groups is 2. The molecule has 6 nitrogen and oxygen atoms in total. The van der Waals surface area contributed by atoms with Gasteiger partial charge in [0.25, 0.3) is 5.91 Å². The summed E-state index contributed by atoms with van der Waals surface area (Å²) in [6, 6.07) is 8.79. The van der Waals surface area contributed by atoms with Crippen LogP contribution in [0.1, 0.15) is 25.3 Å². The third kappa shape index (κ3) is 3.21. The summed E-state index contributed by atoms with van der Waals surface area (Å²) in [7, 11) is 0. The number of likely N-dealkylation sites (tertiary alicyclic amines) is 1. The summed E-state index contributed by atoms with van der Waals surface area (Å²) < 4.78 is 5.66. The molecule has 1 saturated carbocycles. The van der Waals surface area contributed by atoms with Crippen LogP contribution in [0.15, 0.2) is 24.3 Å². The van der Waals surface area contributed by atoms with Crippen molar-refractivity contribution >= 4 is 11.9 Å². The number of carboxylic acids is 1. The maximum absolute atomic E-state index is 12.6. The Morgan fingerprint density at radius 3 is 2.67 bits per heavy atom. The first-order valence-electron chi connectivity index (χ1n) is 8.18. The molecule has 1 unspecified atom stereocenters. The lowest BCUT2D eigenvalue weighted by Gasteiger charge is -2.22. The molecule has 1 aromatic rings. The molecule has 1 amide bonds. The number of hydrogen-bond acceptors (Lipinski definition) is 4. The molecule has 24 heavy (non-hydrogen) atoms. The average Bonchev–Trinajstić information content (AvgIpc) is 3.32. The van der Waals surface area contributed by atoms with Crippen molar-refractivity contribution in [1.82, 2.24) is 4.90 Å². The molecule has 3 rings (SSSR count). The molecule has 2 fully saturated rings. The van der Waals surface area contributed by atoms with E-state index in [-0.39, 0.29) is 18.4 Å². The van der Waals surface area contributed by atoms with E-state index in [0.29, 0.717) is 23.8 Å². The number of nitrogens with zero attached hydrogens (tertiary/aromatic N) is 2. The zero-order valence-corrected chi connectivity index (χ0v) is 13.5. The molecule has 6 heteroatoms. The minimum absolute atomic E-state index is 0.0463. The average molecular weight is 328 g/mol. The van der Waals surface area contributed by atoms with Crippen LogP contribution in [0, 0.1) is 29.1 Å². The number of aliphatic carboxylic acids is 1. The van der Waals surface area contributed by atoms with Gasteiger partial charge in [-0.25, -0.2) is 0 Å². The number of amides is 1. The van der Waals surface area contributed by atoms with Gasteiger partial charge in [-0.3, -0.25) is 9.59 Å². The Balaban J connectivity index is 1.68. The molecule has 0 aromatic heterocycles. The molecule has 1 aliphatic carbocycles. The van der Waals surface area contributed by atoms with Crippen molar-refractivity contribution in [3.8, 4) is 11.8 Å². The normalized spacial score (nSPS) is 24.2. The topological polar surface area (TPSA) is 90.6 Å². The minimum Gasteiger partial charge on any atom is -0.481 e. The lowest BCUT2D eigenvalue weighted by Crippen LogP contribution is -2.39. The SMILES string of the molecule is CC(Oc1ccccc1C#N)C(=O)N1C[C@H](C(=O)O)[C@@H](C2CC2)C1. The summed E-state index contributed by atoms with van der Waals surface area (Å²) in [4.78, 5) is 25.7. The lowest BCUT2D eigenvalue weighted by molar-refractivity contribution is -0.143. The summed E-state index contributed by atoms with van der Waals surface area (Å²) >= 11 is 0. The van der Waals surface area contributed by atoms with E-state index in [1.54, 1.807) is 36.1 Å². The van der Waals surface area contributed by atoms with E-state index in [2.05, 4.69) is 0 Å². The highest BCUT2D eigenvalue weighted by Crippen LogP contribution is 2.44. The molecule has 1 aromatic carbocycles. The molecular weight excluding hydrogens is 308 g/mol. The van der Waals surface area contributed by atoms with Crippen LogP contribution in [0.2, 0.25) is 0 Å². The Morgan fingerprint density at radius 2 is 2.04 bits per heavy atom. The fourth-order valence-electron chi connectivity index (χ4n) is 3.43. The second-order valence-electron chi connectivity index (χ2n) is 6.56. The van der Waals surface area contributed by atoms with E-state index in [9.17, 15) is 14.7 Å². The largest absolute Gasteiger partial charge is 0.481 e. The smallest absolute Gasteiger partial charge is 0.308 e. The van der Waals surface area contributed by atoms with Crippen LogP contribution in [-0.4, -0.2) is 41.1 Å². The summed E-state index contributed by atoms with van der Waals surface area (Å²) in [6.45, 7) is 2.35. The summed E-state index contributed by atoms with van der Waals surface area (Å²) in [5, 5.41) is 18.5. The molecule has 2 aliphatic rings. The highest BCUT2D eigenvalue weighted by atomic mass is 16.5. The quantitative estimate of drug-likeness (QED) is 0.891. The highest BCUT2D eigenvalue weighted by molar-refractivity contribution is 5.82. The van der Waals surface area contributed by atoms with E-state index in [1.165, 1.54) is 0 Å². The van der Waals surface area contributed by atoms with Crippen molar-refractivity contribution in [1.29, 1.82) is 5.26 Å². The zero-order chi connectivity index (χ0) is 17.3. The van der Waals surface area contributed by atoms with Crippen LogP contribution < -0.4 is 4.74 Å². The van der Waals surface area contributed by atoms with Crippen molar-refractivity contribution < 1.29 is 19.4 Å². The molecule has 1 heterocycles. The van der Waals surface area contributed by atoms with Gasteiger partial charge >= 0.3 is 5.97 Å². The van der Waals surface area contributed by atoms with Crippen molar-refractivity contribution in [3.05, 3.63) is 29.8 Å². The lowest BCUT2D eigenvalue weighted by atomic mass is 9.92. The van der Waals surface area contributed by atoms with Gasteiger partial charge in [-0.1, -0.05) is 12.1 Å². The number of carbonyl (C=O) groups excluding carboxylic acids is 1. The van der Waals surface area contributed by atoms with Gasteiger partial charge in [0, 0.05) is 13.1 Å². The second-order valence-corrected chi connectivity index (χ2v) is 6.56. The van der Waals surface area contributed by atoms with Gasteiger partial charge in [0.2, 0.25) is 0 Å². The van der Waals surface area contributed by atoms with Crippen molar-refractivity contribution in [2.45, 2.75) is 25.9 Å². The number of para-hydroxylation sites is 1. The van der Waals surface area contributed by atoms with E-state index in [4.69, 9.17) is 10.00 Å².